The lowest BCUT2D eigenvalue weighted by Crippen LogP contribution is -2.47. The Morgan fingerprint density at radius 2 is 1.81 bits per heavy atom. The Morgan fingerprint density at radius 1 is 1.12 bits per heavy atom. The van der Waals surface area contributed by atoms with E-state index in [0.717, 1.165) is 51.4 Å². The summed E-state index contributed by atoms with van der Waals surface area (Å²) in [6.45, 7) is 11.6. The van der Waals surface area contributed by atoms with Crippen LogP contribution in [0.4, 0.5) is 4.79 Å². The molecule has 1 atom stereocenters. The molecule has 0 aromatic heterocycles. The van der Waals surface area contributed by atoms with E-state index in [4.69, 9.17) is 9.47 Å². The van der Waals surface area contributed by atoms with Gasteiger partial charge >= 0.3 is 6.09 Å². The molecule has 1 unspecified atom stereocenters. The Morgan fingerprint density at radius 3 is 2.38 bits per heavy atom. The number of amides is 1. The summed E-state index contributed by atoms with van der Waals surface area (Å²) in [7, 11) is 1.74. The highest BCUT2D eigenvalue weighted by Gasteiger charge is 2.15. The standard InChI is InChI=1S/C18H38N4O3.HI/c1-6-8-11-24-12-9-10-20-17(19-5)21-14-16(13-15(3)4)22-18(23)25-7-2;/h15-16H,6-14H2,1-5H3,(H,22,23)(H2,19,20,21);1H. The van der Waals surface area contributed by atoms with Crippen molar-refractivity contribution < 1.29 is 14.3 Å². The van der Waals surface area contributed by atoms with Crippen molar-refractivity contribution in [1.82, 2.24) is 16.0 Å². The van der Waals surface area contributed by atoms with Crippen LogP contribution < -0.4 is 16.0 Å². The van der Waals surface area contributed by atoms with Gasteiger partial charge in [0.05, 0.1) is 6.61 Å². The molecule has 0 rings (SSSR count). The zero-order valence-corrected chi connectivity index (χ0v) is 19.4. The molecule has 0 heterocycles. The molecule has 0 bridgehead atoms. The van der Waals surface area contributed by atoms with E-state index in [1.807, 2.05) is 0 Å². The summed E-state index contributed by atoms with van der Waals surface area (Å²) < 4.78 is 10.5. The summed E-state index contributed by atoms with van der Waals surface area (Å²) >= 11 is 0. The van der Waals surface area contributed by atoms with Crippen LogP contribution >= 0.6 is 24.0 Å². The topological polar surface area (TPSA) is 84.0 Å². The Bertz CT molecular complexity index is 368. The monoisotopic (exact) mass is 486 g/mol. The molecule has 0 aliphatic carbocycles. The third-order valence-corrected chi connectivity index (χ3v) is 3.49. The Labute approximate surface area is 176 Å². The van der Waals surface area contributed by atoms with Crippen LogP contribution in [-0.4, -0.2) is 58.1 Å². The third kappa shape index (κ3) is 16.7. The maximum absolute atomic E-state index is 11.6. The van der Waals surface area contributed by atoms with Gasteiger partial charge in [-0.2, -0.15) is 0 Å². The van der Waals surface area contributed by atoms with Crippen molar-refractivity contribution >= 4 is 36.0 Å². The summed E-state index contributed by atoms with van der Waals surface area (Å²) in [6, 6.07) is -0.00465. The van der Waals surface area contributed by atoms with Crippen molar-refractivity contribution in [2.75, 3.05) is 40.0 Å². The summed E-state index contributed by atoms with van der Waals surface area (Å²) in [6.07, 6.45) is 3.70. The van der Waals surface area contributed by atoms with Gasteiger partial charge in [0.25, 0.3) is 0 Å². The second kappa shape index (κ2) is 19.0. The Hall–Kier alpha value is -0.770. The lowest BCUT2D eigenvalue weighted by atomic mass is 10.0. The first-order valence-corrected chi connectivity index (χ1v) is 9.48. The van der Waals surface area contributed by atoms with Gasteiger partial charge in [0.1, 0.15) is 0 Å². The van der Waals surface area contributed by atoms with E-state index in [2.05, 4.69) is 41.7 Å². The van der Waals surface area contributed by atoms with Crippen molar-refractivity contribution in [2.45, 2.75) is 59.4 Å². The average Bonchev–Trinajstić information content (AvgIpc) is 2.56. The van der Waals surface area contributed by atoms with Gasteiger partial charge in [-0.3, -0.25) is 4.99 Å². The number of rotatable bonds is 13. The first-order valence-electron chi connectivity index (χ1n) is 9.48. The highest BCUT2D eigenvalue weighted by Crippen LogP contribution is 2.04. The highest BCUT2D eigenvalue weighted by atomic mass is 127. The Kier molecular flexibility index (Phi) is 20.1. The minimum Gasteiger partial charge on any atom is -0.450 e. The van der Waals surface area contributed by atoms with E-state index in [9.17, 15) is 4.79 Å². The smallest absolute Gasteiger partial charge is 0.407 e. The van der Waals surface area contributed by atoms with Crippen LogP contribution in [0.15, 0.2) is 4.99 Å². The lowest BCUT2D eigenvalue weighted by molar-refractivity contribution is 0.129. The molecule has 0 aromatic carbocycles. The summed E-state index contributed by atoms with van der Waals surface area (Å²) in [5, 5.41) is 9.42. The van der Waals surface area contributed by atoms with E-state index >= 15 is 0 Å². The summed E-state index contributed by atoms with van der Waals surface area (Å²) in [5.41, 5.74) is 0. The molecule has 0 fully saturated rings. The number of unbranched alkanes of at least 4 members (excludes halogenated alkanes) is 1. The van der Waals surface area contributed by atoms with Crippen molar-refractivity contribution in [3.05, 3.63) is 0 Å². The molecule has 0 aliphatic rings. The van der Waals surface area contributed by atoms with Gasteiger partial charge in [0, 0.05) is 39.4 Å². The summed E-state index contributed by atoms with van der Waals surface area (Å²) in [4.78, 5) is 15.9. The normalized spacial score (nSPS) is 12.3. The molecular formula is C18H39IN4O3. The van der Waals surface area contributed by atoms with Crippen LogP contribution in [-0.2, 0) is 9.47 Å². The van der Waals surface area contributed by atoms with Crippen LogP contribution in [0, 0.1) is 5.92 Å². The number of halogens is 1. The zero-order valence-electron chi connectivity index (χ0n) is 17.1. The number of carbonyl (C=O) groups excluding carboxylic acids is 1. The van der Waals surface area contributed by atoms with Crippen molar-refractivity contribution in [2.24, 2.45) is 10.9 Å². The minimum absolute atomic E-state index is 0. The predicted molar refractivity (Wildman–Crippen MR) is 119 cm³/mol. The molecule has 8 heteroatoms. The molecule has 156 valence electrons. The lowest BCUT2D eigenvalue weighted by Gasteiger charge is -2.22. The number of carbonyl (C=O) groups is 1. The predicted octanol–water partition coefficient (Wildman–Crippen LogP) is 3.14. The van der Waals surface area contributed by atoms with E-state index in [1.54, 1.807) is 14.0 Å². The first-order chi connectivity index (χ1) is 12.0. The van der Waals surface area contributed by atoms with Gasteiger partial charge in [-0.15, -0.1) is 24.0 Å². The molecule has 0 aliphatic heterocycles. The zero-order chi connectivity index (χ0) is 18.9. The molecule has 0 saturated carbocycles. The van der Waals surface area contributed by atoms with Gasteiger partial charge in [-0.05, 0) is 32.1 Å². The van der Waals surface area contributed by atoms with E-state index in [-0.39, 0.29) is 36.1 Å². The SMILES string of the molecule is CCCCOCCCNC(=NC)NCC(CC(C)C)NC(=O)OCC.I. The molecule has 0 aromatic rings. The molecule has 1 amide bonds. The largest absolute Gasteiger partial charge is 0.450 e. The molecular weight excluding hydrogens is 447 g/mol. The van der Waals surface area contributed by atoms with E-state index in [0.29, 0.717) is 19.1 Å². The molecule has 0 radical (unpaired) electrons. The number of guanidine groups is 1. The first kappa shape index (κ1) is 27.4. The number of nitrogens with one attached hydrogen (secondary N) is 3. The molecule has 26 heavy (non-hydrogen) atoms. The third-order valence-electron chi connectivity index (χ3n) is 3.49. The Balaban J connectivity index is 0. The molecule has 0 saturated heterocycles. The van der Waals surface area contributed by atoms with Crippen LogP contribution in [0.1, 0.15) is 53.4 Å². The molecule has 7 nitrogen and oxygen atoms in total. The van der Waals surface area contributed by atoms with Gasteiger partial charge in [-0.25, -0.2) is 4.79 Å². The van der Waals surface area contributed by atoms with Crippen molar-refractivity contribution in [3.63, 3.8) is 0 Å². The summed E-state index contributed by atoms with van der Waals surface area (Å²) in [5.74, 6) is 1.21. The van der Waals surface area contributed by atoms with Crippen molar-refractivity contribution in [3.8, 4) is 0 Å². The number of hydrogen-bond acceptors (Lipinski definition) is 4. The second-order valence-corrected chi connectivity index (χ2v) is 6.39. The van der Waals surface area contributed by atoms with E-state index in [1.165, 1.54) is 0 Å². The molecule has 3 N–H and O–H groups in total. The van der Waals surface area contributed by atoms with Crippen LogP contribution in [0.3, 0.4) is 0 Å². The number of ether oxygens (including phenoxy) is 2. The fraction of sp³-hybridized carbons (Fsp3) is 0.889. The van der Waals surface area contributed by atoms with E-state index < -0.39 is 0 Å². The fourth-order valence-corrected chi connectivity index (χ4v) is 2.27. The average molecular weight is 486 g/mol. The number of hydrogen-bond donors (Lipinski definition) is 3. The van der Waals surface area contributed by atoms with Gasteiger partial charge in [-0.1, -0.05) is 27.2 Å². The van der Waals surface area contributed by atoms with Gasteiger partial charge < -0.3 is 25.4 Å². The van der Waals surface area contributed by atoms with Crippen LogP contribution in [0.5, 0.6) is 0 Å². The number of aliphatic imine (C=N–C) groups is 1. The molecule has 0 spiro atoms. The number of alkyl carbamates (subject to hydrolysis) is 1. The van der Waals surface area contributed by atoms with Gasteiger partial charge in [0.2, 0.25) is 0 Å². The highest BCUT2D eigenvalue weighted by molar-refractivity contribution is 14.0. The second-order valence-electron chi connectivity index (χ2n) is 6.39. The fourth-order valence-electron chi connectivity index (χ4n) is 2.27. The quantitative estimate of drug-likeness (QED) is 0.161. The van der Waals surface area contributed by atoms with Gasteiger partial charge in [0.15, 0.2) is 5.96 Å². The van der Waals surface area contributed by atoms with Crippen molar-refractivity contribution in [1.29, 1.82) is 0 Å². The van der Waals surface area contributed by atoms with Crippen LogP contribution in [0.2, 0.25) is 0 Å². The maximum atomic E-state index is 11.6. The maximum Gasteiger partial charge on any atom is 0.407 e. The number of nitrogens with zero attached hydrogens (tertiary/aromatic N) is 1. The minimum atomic E-state index is -0.373. The van der Waals surface area contributed by atoms with Crippen LogP contribution in [0.25, 0.3) is 0 Å².